The molecule has 3 aromatic rings. The second-order valence-corrected chi connectivity index (χ2v) is 8.64. The maximum atomic E-state index is 12.9. The fraction of sp³-hybridized carbons (Fsp3) is 0.286. The second-order valence-electron chi connectivity index (χ2n) is 8.64. The third-order valence-corrected chi connectivity index (χ3v) is 5.90. The molecule has 1 saturated heterocycles. The normalized spacial score (nSPS) is 13.1. The van der Waals surface area contributed by atoms with Gasteiger partial charge in [0.1, 0.15) is 5.75 Å². The average Bonchev–Trinajstić information content (AvgIpc) is 2.86. The first kappa shape index (κ1) is 24.1. The number of ether oxygens (including phenoxy) is 1. The maximum Gasteiger partial charge on any atom is 0.323 e. The number of carbonyl (C=O) groups is 2. The zero-order chi connectivity index (χ0) is 24.6. The van der Waals surface area contributed by atoms with Gasteiger partial charge in [-0.25, -0.2) is 4.79 Å². The molecule has 1 heterocycles. The number of hydrogen-bond donors (Lipinski definition) is 3. The molecular formula is C28H32N4O3. The van der Waals surface area contributed by atoms with Gasteiger partial charge < -0.3 is 25.6 Å². The molecule has 0 bridgehead atoms. The highest BCUT2D eigenvalue weighted by molar-refractivity contribution is 6.06. The van der Waals surface area contributed by atoms with Gasteiger partial charge in [0.25, 0.3) is 5.91 Å². The molecule has 7 heteroatoms. The molecule has 0 atom stereocenters. The molecule has 1 aliphatic rings. The zero-order valence-electron chi connectivity index (χ0n) is 20.3. The summed E-state index contributed by atoms with van der Waals surface area (Å²) < 4.78 is 5.46. The van der Waals surface area contributed by atoms with Crippen LogP contribution in [0.4, 0.5) is 27.5 Å². The predicted molar refractivity (Wildman–Crippen MR) is 142 cm³/mol. The Morgan fingerprint density at radius 1 is 0.857 bits per heavy atom. The molecule has 4 rings (SSSR count). The smallest absolute Gasteiger partial charge is 0.323 e. The molecule has 1 fully saturated rings. The van der Waals surface area contributed by atoms with Gasteiger partial charge in [-0.05, 0) is 87.7 Å². The average molecular weight is 473 g/mol. The van der Waals surface area contributed by atoms with Crippen molar-refractivity contribution in [1.82, 2.24) is 0 Å². The van der Waals surface area contributed by atoms with E-state index in [4.69, 9.17) is 4.74 Å². The minimum absolute atomic E-state index is 0.191. The summed E-state index contributed by atoms with van der Waals surface area (Å²) in [5.41, 5.74) is 4.49. The molecule has 35 heavy (non-hydrogen) atoms. The number of nitrogens with one attached hydrogen (secondary N) is 3. The summed E-state index contributed by atoms with van der Waals surface area (Å²) in [6.45, 7) is 6.34. The van der Waals surface area contributed by atoms with E-state index in [1.807, 2.05) is 62.4 Å². The van der Waals surface area contributed by atoms with Crippen molar-refractivity contribution in [2.45, 2.75) is 33.1 Å². The molecule has 7 nitrogen and oxygen atoms in total. The highest BCUT2D eigenvalue weighted by atomic mass is 16.5. The van der Waals surface area contributed by atoms with Crippen LogP contribution in [0.3, 0.4) is 0 Å². The van der Waals surface area contributed by atoms with Gasteiger partial charge in [-0.3, -0.25) is 4.79 Å². The van der Waals surface area contributed by atoms with Gasteiger partial charge in [0.05, 0.1) is 18.0 Å². The molecule has 0 aromatic heterocycles. The quantitative estimate of drug-likeness (QED) is 0.378. The van der Waals surface area contributed by atoms with Gasteiger partial charge in [0.15, 0.2) is 0 Å². The number of anilines is 4. The van der Waals surface area contributed by atoms with Gasteiger partial charge >= 0.3 is 6.03 Å². The largest absolute Gasteiger partial charge is 0.494 e. The molecule has 3 amide bonds. The number of carbonyl (C=O) groups excluding carboxylic acids is 2. The molecule has 1 aliphatic heterocycles. The number of nitrogens with zero attached hydrogens (tertiary/aromatic N) is 1. The molecule has 0 unspecified atom stereocenters. The van der Waals surface area contributed by atoms with Gasteiger partial charge in [0.2, 0.25) is 0 Å². The molecule has 0 saturated carbocycles. The Labute approximate surface area is 206 Å². The van der Waals surface area contributed by atoms with Crippen molar-refractivity contribution in [1.29, 1.82) is 0 Å². The van der Waals surface area contributed by atoms with E-state index in [2.05, 4.69) is 20.9 Å². The molecule has 3 aromatic carbocycles. The van der Waals surface area contributed by atoms with E-state index in [1.165, 1.54) is 6.42 Å². The van der Waals surface area contributed by atoms with E-state index in [9.17, 15) is 9.59 Å². The van der Waals surface area contributed by atoms with Crippen molar-refractivity contribution in [2.75, 3.05) is 40.5 Å². The third-order valence-electron chi connectivity index (χ3n) is 5.90. The van der Waals surface area contributed by atoms with Crippen LogP contribution in [0.2, 0.25) is 0 Å². The minimum atomic E-state index is -0.352. The van der Waals surface area contributed by atoms with E-state index in [1.54, 1.807) is 18.2 Å². The summed E-state index contributed by atoms with van der Waals surface area (Å²) in [6, 6.07) is 20.0. The molecular weight excluding hydrogens is 440 g/mol. The lowest BCUT2D eigenvalue weighted by Crippen LogP contribution is -2.31. The summed E-state index contributed by atoms with van der Waals surface area (Å²) >= 11 is 0. The third kappa shape index (κ3) is 6.53. The number of piperidine rings is 1. The van der Waals surface area contributed by atoms with Gasteiger partial charge in [-0.1, -0.05) is 17.7 Å². The van der Waals surface area contributed by atoms with Crippen LogP contribution < -0.4 is 25.6 Å². The Balaban J connectivity index is 1.52. The molecule has 0 aliphatic carbocycles. The SMILES string of the molecule is CCOc1ccc(NC(=O)Nc2cc(NC(=O)c3cccc(C)c3)ccc2N2CCCCC2)cc1. The second kappa shape index (κ2) is 11.4. The van der Waals surface area contributed by atoms with Crippen LogP contribution in [0.1, 0.15) is 42.1 Å². The van der Waals surface area contributed by atoms with Crippen molar-refractivity contribution in [3.05, 3.63) is 77.9 Å². The Kier molecular flexibility index (Phi) is 7.88. The van der Waals surface area contributed by atoms with Crippen molar-refractivity contribution in [3.63, 3.8) is 0 Å². The molecule has 182 valence electrons. The van der Waals surface area contributed by atoms with Crippen LogP contribution in [0.5, 0.6) is 5.75 Å². The molecule has 0 radical (unpaired) electrons. The predicted octanol–water partition coefficient (Wildman–Crippen LogP) is 6.28. The van der Waals surface area contributed by atoms with Crippen molar-refractivity contribution >= 4 is 34.7 Å². The number of hydrogen-bond acceptors (Lipinski definition) is 4. The lowest BCUT2D eigenvalue weighted by atomic mass is 10.1. The zero-order valence-corrected chi connectivity index (χ0v) is 20.3. The fourth-order valence-electron chi connectivity index (χ4n) is 4.20. The fourth-order valence-corrected chi connectivity index (χ4v) is 4.20. The number of urea groups is 1. The molecule has 0 spiro atoms. The Hall–Kier alpha value is -4.00. The van der Waals surface area contributed by atoms with E-state index in [0.717, 1.165) is 42.9 Å². The van der Waals surface area contributed by atoms with Crippen LogP contribution in [-0.4, -0.2) is 31.6 Å². The topological polar surface area (TPSA) is 82.7 Å². The summed E-state index contributed by atoms with van der Waals surface area (Å²) in [4.78, 5) is 27.9. The first-order chi connectivity index (χ1) is 17.0. The Morgan fingerprint density at radius 2 is 1.60 bits per heavy atom. The monoisotopic (exact) mass is 472 g/mol. The Bertz CT molecular complexity index is 1170. The van der Waals surface area contributed by atoms with Gasteiger partial charge in [-0.15, -0.1) is 0 Å². The summed E-state index contributed by atoms with van der Waals surface area (Å²) in [5, 5.41) is 8.81. The Morgan fingerprint density at radius 3 is 2.31 bits per heavy atom. The molecule has 3 N–H and O–H groups in total. The van der Waals surface area contributed by atoms with Crippen LogP contribution in [0, 0.1) is 6.92 Å². The summed E-state index contributed by atoms with van der Waals surface area (Å²) in [6.07, 6.45) is 3.44. The highest BCUT2D eigenvalue weighted by Crippen LogP contribution is 2.32. The van der Waals surface area contributed by atoms with E-state index < -0.39 is 0 Å². The lowest BCUT2D eigenvalue weighted by Gasteiger charge is -2.31. The summed E-state index contributed by atoms with van der Waals surface area (Å²) in [5.74, 6) is 0.562. The first-order valence-corrected chi connectivity index (χ1v) is 12.1. The van der Waals surface area contributed by atoms with Crippen molar-refractivity contribution < 1.29 is 14.3 Å². The van der Waals surface area contributed by atoms with Crippen molar-refractivity contribution in [3.8, 4) is 5.75 Å². The van der Waals surface area contributed by atoms with Crippen molar-refractivity contribution in [2.24, 2.45) is 0 Å². The number of rotatable bonds is 7. The van der Waals surface area contributed by atoms with E-state index in [0.29, 0.717) is 29.2 Å². The maximum absolute atomic E-state index is 12.9. The number of benzene rings is 3. The lowest BCUT2D eigenvalue weighted by molar-refractivity contribution is 0.102. The van der Waals surface area contributed by atoms with Crippen LogP contribution in [-0.2, 0) is 0 Å². The van der Waals surface area contributed by atoms with E-state index in [-0.39, 0.29) is 11.9 Å². The van der Waals surface area contributed by atoms with Crippen LogP contribution in [0.25, 0.3) is 0 Å². The first-order valence-electron chi connectivity index (χ1n) is 12.1. The van der Waals surface area contributed by atoms with E-state index >= 15 is 0 Å². The number of amides is 3. The minimum Gasteiger partial charge on any atom is -0.494 e. The summed E-state index contributed by atoms with van der Waals surface area (Å²) in [7, 11) is 0. The van der Waals surface area contributed by atoms with Crippen LogP contribution in [0.15, 0.2) is 66.7 Å². The highest BCUT2D eigenvalue weighted by Gasteiger charge is 2.17. The standard InChI is InChI=1S/C28H32N4O3/c1-3-35-24-13-10-22(11-14-24)30-28(34)31-25-19-23(12-15-26(25)32-16-5-4-6-17-32)29-27(33)21-9-7-8-20(2)18-21/h7-15,18-19H,3-6,16-17H2,1-2H3,(H,29,33)(H2,30,31,34). The number of aryl methyl sites for hydroxylation is 1. The van der Waals surface area contributed by atoms with Gasteiger partial charge in [-0.2, -0.15) is 0 Å². The van der Waals surface area contributed by atoms with Crippen LogP contribution >= 0.6 is 0 Å². The van der Waals surface area contributed by atoms with Gasteiger partial charge in [0, 0.05) is 30.0 Å².